The van der Waals surface area contributed by atoms with Crippen molar-refractivity contribution >= 4 is 27.7 Å². The number of nitrogen functional groups attached to an aromatic ring is 1. The fourth-order valence-electron chi connectivity index (χ4n) is 0.832. The molecule has 1 rings (SSSR count). The zero-order valence-corrected chi connectivity index (χ0v) is 9.71. The van der Waals surface area contributed by atoms with Gasteiger partial charge in [-0.1, -0.05) is 0 Å². The minimum absolute atomic E-state index is 0.110. The first-order valence-corrected chi connectivity index (χ1v) is 4.98. The van der Waals surface area contributed by atoms with E-state index in [4.69, 9.17) is 10.5 Å². The lowest BCUT2D eigenvalue weighted by molar-refractivity contribution is 0.128. The zero-order valence-electron chi connectivity index (χ0n) is 8.12. The molecule has 78 valence electrons. The van der Waals surface area contributed by atoms with Crippen molar-refractivity contribution in [2.24, 2.45) is 0 Å². The van der Waals surface area contributed by atoms with Gasteiger partial charge in [-0.2, -0.15) is 4.98 Å². The third kappa shape index (κ3) is 3.47. The Morgan fingerprint density at radius 1 is 1.64 bits per heavy atom. The van der Waals surface area contributed by atoms with Gasteiger partial charge in [0.1, 0.15) is 10.4 Å². The molecular formula is C8H13BrN4O. The number of anilines is 2. The van der Waals surface area contributed by atoms with Gasteiger partial charge in [-0.3, -0.25) is 0 Å². The van der Waals surface area contributed by atoms with Crippen molar-refractivity contribution < 1.29 is 4.74 Å². The summed E-state index contributed by atoms with van der Waals surface area (Å²) in [6, 6.07) is 1.64. The van der Waals surface area contributed by atoms with Crippen LogP contribution in [0.5, 0.6) is 0 Å². The number of methoxy groups -OCH3 is 1. The van der Waals surface area contributed by atoms with E-state index in [2.05, 4.69) is 31.2 Å². The smallest absolute Gasteiger partial charge is 0.225 e. The molecule has 1 heterocycles. The van der Waals surface area contributed by atoms with E-state index in [9.17, 15) is 0 Å². The van der Waals surface area contributed by atoms with E-state index in [1.807, 2.05) is 6.92 Å². The van der Waals surface area contributed by atoms with Crippen LogP contribution >= 0.6 is 15.9 Å². The summed E-state index contributed by atoms with van der Waals surface area (Å²) in [4.78, 5) is 8.11. The summed E-state index contributed by atoms with van der Waals surface area (Å²) in [5.74, 6) is 0.931. The first-order chi connectivity index (χ1) is 6.61. The highest BCUT2D eigenvalue weighted by Crippen LogP contribution is 2.12. The maximum Gasteiger partial charge on any atom is 0.225 e. The second-order valence-electron chi connectivity index (χ2n) is 2.87. The molecule has 1 aromatic rings. The number of halogens is 1. The van der Waals surface area contributed by atoms with Gasteiger partial charge in [0.15, 0.2) is 0 Å². The predicted octanol–water partition coefficient (Wildman–Crippen LogP) is 1.27. The molecule has 0 bridgehead atoms. The predicted molar refractivity (Wildman–Crippen MR) is 59.1 cm³/mol. The molecule has 14 heavy (non-hydrogen) atoms. The van der Waals surface area contributed by atoms with Crippen LogP contribution in [-0.2, 0) is 4.74 Å². The molecule has 1 atom stereocenters. The van der Waals surface area contributed by atoms with E-state index in [-0.39, 0.29) is 6.10 Å². The molecule has 0 aliphatic rings. The molecule has 5 nitrogen and oxygen atoms in total. The van der Waals surface area contributed by atoms with Crippen molar-refractivity contribution in [1.29, 1.82) is 0 Å². The lowest BCUT2D eigenvalue weighted by atomic mass is 10.4. The Morgan fingerprint density at radius 2 is 2.36 bits per heavy atom. The molecule has 0 saturated carbocycles. The van der Waals surface area contributed by atoms with Crippen LogP contribution in [0.4, 0.5) is 11.8 Å². The minimum atomic E-state index is 0.110. The Bertz CT molecular complexity index is 287. The highest BCUT2D eigenvalue weighted by Gasteiger charge is 2.02. The van der Waals surface area contributed by atoms with Crippen LogP contribution in [0.15, 0.2) is 10.7 Å². The van der Waals surface area contributed by atoms with Gasteiger partial charge < -0.3 is 15.8 Å². The second kappa shape index (κ2) is 5.11. The zero-order chi connectivity index (χ0) is 10.6. The largest absolute Gasteiger partial charge is 0.383 e. The van der Waals surface area contributed by atoms with Crippen molar-refractivity contribution in [1.82, 2.24) is 9.97 Å². The first kappa shape index (κ1) is 11.2. The van der Waals surface area contributed by atoms with E-state index in [1.54, 1.807) is 13.2 Å². The van der Waals surface area contributed by atoms with Gasteiger partial charge in [0.25, 0.3) is 0 Å². The summed E-state index contributed by atoms with van der Waals surface area (Å²) in [6.45, 7) is 2.60. The third-order valence-electron chi connectivity index (χ3n) is 1.66. The monoisotopic (exact) mass is 260 g/mol. The summed E-state index contributed by atoms with van der Waals surface area (Å²) in [7, 11) is 1.66. The minimum Gasteiger partial charge on any atom is -0.383 e. The molecule has 3 N–H and O–H groups in total. The van der Waals surface area contributed by atoms with E-state index in [0.717, 1.165) is 0 Å². The molecule has 1 unspecified atom stereocenters. The topological polar surface area (TPSA) is 73.1 Å². The van der Waals surface area contributed by atoms with Crippen molar-refractivity contribution in [3.8, 4) is 0 Å². The van der Waals surface area contributed by atoms with Gasteiger partial charge in [0.2, 0.25) is 5.95 Å². The average molecular weight is 261 g/mol. The molecule has 0 fully saturated rings. The average Bonchev–Trinajstić information content (AvgIpc) is 2.12. The lowest BCUT2D eigenvalue weighted by Crippen LogP contribution is -2.19. The summed E-state index contributed by atoms with van der Waals surface area (Å²) in [5, 5.41) is 3.02. The number of nitrogens with zero attached hydrogens (tertiary/aromatic N) is 2. The molecule has 1 aromatic heterocycles. The van der Waals surface area contributed by atoms with Crippen LogP contribution in [0.2, 0.25) is 0 Å². The number of hydrogen-bond acceptors (Lipinski definition) is 5. The van der Waals surface area contributed by atoms with Crippen LogP contribution in [0.3, 0.4) is 0 Å². The molecule has 0 radical (unpaired) electrons. The summed E-state index contributed by atoms with van der Waals surface area (Å²) >= 11 is 3.23. The molecule has 0 spiro atoms. The number of hydrogen-bond donors (Lipinski definition) is 2. The SMILES string of the molecule is COC(C)CNc1nc(N)cc(Br)n1. The number of rotatable bonds is 4. The second-order valence-corrected chi connectivity index (χ2v) is 3.68. The van der Waals surface area contributed by atoms with Crippen molar-refractivity contribution in [3.05, 3.63) is 10.7 Å². The summed E-state index contributed by atoms with van der Waals surface area (Å²) in [5.41, 5.74) is 5.55. The van der Waals surface area contributed by atoms with Gasteiger partial charge in [-0.25, -0.2) is 4.98 Å². The van der Waals surface area contributed by atoms with E-state index in [0.29, 0.717) is 22.9 Å². The molecule has 0 aliphatic carbocycles. The quantitative estimate of drug-likeness (QED) is 0.798. The molecule has 0 aliphatic heterocycles. The Morgan fingerprint density at radius 3 is 2.93 bits per heavy atom. The molecule has 0 aromatic carbocycles. The standard InChI is InChI=1S/C8H13BrN4O/c1-5(14-2)4-11-8-12-6(9)3-7(10)13-8/h3,5H,4H2,1-2H3,(H3,10,11,12,13). The first-order valence-electron chi connectivity index (χ1n) is 4.18. The number of aromatic nitrogens is 2. The van der Waals surface area contributed by atoms with Gasteiger partial charge in [0, 0.05) is 19.7 Å². The van der Waals surface area contributed by atoms with Gasteiger partial charge >= 0.3 is 0 Å². The normalized spacial score (nSPS) is 12.5. The Balaban J connectivity index is 2.58. The maximum atomic E-state index is 5.55. The number of ether oxygens (including phenoxy) is 1. The molecule has 0 amide bonds. The number of nitrogens with two attached hydrogens (primary N) is 1. The summed E-state index contributed by atoms with van der Waals surface area (Å²) in [6.07, 6.45) is 0.110. The highest BCUT2D eigenvalue weighted by atomic mass is 79.9. The van der Waals surface area contributed by atoms with Gasteiger partial charge in [-0.15, -0.1) is 0 Å². The highest BCUT2D eigenvalue weighted by molar-refractivity contribution is 9.10. The fourth-order valence-corrected chi connectivity index (χ4v) is 1.23. The van der Waals surface area contributed by atoms with Crippen molar-refractivity contribution in [2.75, 3.05) is 24.7 Å². The van der Waals surface area contributed by atoms with Crippen molar-refractivity contribution in [3.63, 3.8) is 0 Å². The van der Waals surface area contributed by atoms with Gasteiger partial charge in [0.05, 0.1) is 6.10 Å². The van der Waals surface area contributed by atoms with Crippen LogP contribution < -0.4 is 11.1 Å². The van der Waals surface area contributed by atoms with E-state index < -0.39 is 0 Å². The Kier molecular flexibility index (Phi) is 4.09. The fraction of sp³-hybridized carbons (Fsp3) is 0.500. The lowest BCUT2D eigenvalue weighted by Gasteiger charge is -2.10. The third-order valence-corrected chi connectivity index (χ3v) is 2.07. The molecule has 0 saturated heterocycles. The van der Waals surface area contributed by atoms with E-state index >= 15 is 0 Å². The Hall–Kier alpha value is -0.880. The van der Waals surface area contributed by atoms with Gasteiger partial charge in [-0.05, 0) is 22.9 Å². The molecule has 6 heteroatoms. The van der Waals surface area contributed by atoms with Crippen LogP contribution in [0.1, 0.15) is 6.92 Å². The van der Waals surface area contributed by atoms with Crippen LogP contribution in [0, 0.1) is 0 Å². The van der Waals surface area contributed by atoms with Crippen molar-refractivity contribution in [2.45, 2.75) is 13.0 Å². The van der Waals surface area contributed by atoms with E-state index in [1.165, 1.54) is 0 Å². The van der Waals surface area contributed by atoms with Crippen LogP contribution in [0.25, 0.3) is 0 Å². The maximum absolute atomic E-state index is 5.55. The Labute approximate surface area is 91.2 Å². The summed E-state index contributed by atoms with van der Waals surface area (Å²) < 4.78 is 5.74. The number of nitrogens with one attached hydrogen (secondary N) is 1. The van der Waals surface area contributed by atoms with Crippen LogP contribution in [-0.4, -0.2) is 29.7 Å². The molecular weight excluding hydrogens is 248 g/mol.